The summed E-state index contributed by atoms with van der Waals surface area (Å²) in [5, 5.41) is 28.6. The third-order valence-corrected chi connectivity index (χ3v) is 4.91. The molecule has 0 amide bonds. The van der Waals surface area contributed by atoms with Crippen LogP contribution in [0.5, 0.6) is 11.5 Å². The molecule has 0 heterocycles. The van der Waals surface area contributed by atoms with Crippen LogP contribution in [0.15, 0.2) is 72.8 Å². The first-order chi connectivity index (χ1) is 13.0. The second kappa shape index (κ2) is 6.89. The molecule has 4 heteroatoms. The predicted molar refractivity (Wildman–Crippen MR) is 114 cm³/mol. The van der Waals surface area contributed by atoms with E-state index in [1.54, 1.807) is 19.1 Å². The minimum Gasteiger partial charge on any atom is -0.508 e. The molecule has 1 unspecified atom stereocenters. The Bertz CT molecular complexity index is 1170. The van der Waals surface area contributed by atoms with Crippen molar-refractivity contribution in [3.05, 3.63) is 83.9 Å². The van der Waals surface area contributed by atoms with Crippen molar-refractivity contribution in [2.24, 2.45) is 0 Å². The van der Waals surface area contributed by atoms with Crippen LogP contribution in [0.4, 0.5) is 0 Å². The third kappa shape index (κ3) is 3.20. The van der Waals surface area contributed by atoms with Gasteiger partial charge >= 0.3 is 0 Å². The topological polar surface area (TPSA) is 52.5 Å². The van der Waals surface area contributed by atoms with Gasteiger partial charge in [-0.1, -0.05) is 66.8 Å². The van der Waals surface area contributed by atoms with Gasteiger partial charge in [0.25, 0.3) is 0 Å². The molecule has 3 nitrogen and oxygen atoms in total. The van der Waals surface area contributed by atoms with Gasteiger partial charge in [-0.15, -0.1) is 0 Å². The monoisotopic (exact) mass is 373 g/mol. The number of hydrogen-bond donors (Lipinski definition) is 3. The van der Waals surface area contributed by atoms with Crippen LogP contribution in [0, 0.1) is 0 Å². The maximum Gasteiger partial charge on any atom is 0.121 e. The molecule has 0 bridgehead atoms. The van der Waals surface area contributed by atoms with Crippen LogP contribution in [0.2, 0.25) is 0 Å². The van der Waals surface area contributed by atoms with Crippen LogP contribution in [0.3, 0.4) is 0 Å². The summed E-state index contributed by atoms with van der Waals surface area (Å²) in [7, 11) is 0. The van der Waals surface area contributed by atoms with Gasteiger partial charge in [-0.2, -0.15) is 0 Å². The van der Waals surface area contributed by atoms with Crippen molar-refractivity contribution in [1.29, 1.82) is 0 Å². The molecule has 3 N–H and O–H groups in total. The van der Waals surface area contributed by atoms with Crippen molar-refractivity contribution in [2.75, 3.05) is 0 Å². The van der Waals surface area contributed by atoms with E-state index in [1.807, 2.05) is 60.7 Å². The van der Waals surface area contributed by atoms with E-state index in [0.29, 0.717) is 16.1 Å². The molecule has 0 spiro atoms. The first kappa shape index (κ1) is 17.3. The Kier molecular flexibility index (Phi) is 4.42. The van der Waals surface area contributed by atoms with E-state index in [0.717, 1.165) is 21.5 Å². The standard InChI is InChI=1S/C23H19NO2S/c1-14(27)24-23(19-12-16-7-2-3-8-17(16)13-21(19)26)22-18-9-5-4-6-15(18)10-11-20(22)25/h2-13,23,25-26H,1H3,(H,24,27). The molecule has 0 aromatic heterocycles. The number of benzene rings is 4. The fourth-order valence-electron chi connectivity index (χ4n) is 3.57. The number of rotatable bonds is 3. The summed E-state index contributed by atoms with van der Waals surface area (Å²) in [5.74, 6) is 0.324. The summed E-state index contributed by atoms with van der Waals surface area (Å²) in [4.78, 5) is 0.583. The summed E-state index contributed by atoms with van der Waals surface area (Å²) in [6.45, 7) is 1.79. The Hall–Kier alpha value is -3.11. The Morgan fingerprint density at radius 3 is 2.15 bits per heavy atom. The number of fused-ring (bicyclic) bond motifs is 2. The number of thiocarbonyl (C=S) groups is 1. The minimum atomic E-state index is -0.474. The highest BCUT2D eigenvalue weighted by Crippen LogP contribution is 2.40. The molecule has 4 rings (SSSR count). The predicted octanol–water partition coefficient (Wildman–Crippen LogP) is 5.43. The lowest BCUT2D eigenvalue weighted by Gasteiger charge is -2.24. The molecule has 0 radical (unpaired) electrons. The fourth-order valence-corrected chi connectivity index (χ4v) is 3.69. The Balaban J connectivity index is 2.00. The van der Waals surface area contributed by atoms with Crippen LogP contribution >= 0.6 is 12.2 Å². The van der Waals surface area contributed by atoms with Gasteiger partial charge in [-0.3, -0.25) is 0 Å². The first-order valence-electron chi connectivity index (χ1n) is 8.74. The van der Waals surface area contributed by atoms with Crippen molar-refractivity contribution in [3.8, 4) is 11.5 Å². The Morgan fingerprint density at radius 1 is 0.815 bits per heavy atom. The molecule has 0 saturated heterocycles. The highest BCUT2D eigenvalue weighted by molar-refractivity contribution is 7.80. The lowest BCUT2D eigenvalue weighted by molar-refractivity contribution is 0.453. The van der Waals surface area contributed by atoms with E-state index in [-0.39, 0.29) is 11.5 Å². The van der Waals surface area contributed by atoms with Crippen LogP contribution in [-0.4, -0.2) is 15.2 Å². The zero-order chi connectivity index (χ0) is 19.0. The zero-order valence-corrected chi connectivity index (χ0v) is 15.6. The molecular weight excluding hydrogens is 354 g/mol. The minimum absolute atomic E-state index is 0.162. The molecule has 0 fully saturated rings. The molecule has 4 aromatic carbocycles. The van der Waals surface area contributed by atoms with Crippen molar-refractivity contribution >= 4 is 38.8 Å². The van der Waals surface area contributed by atoms with E-state index in [1.165, 1.54) is 0 Å². The number of aromatic hydroxyl groups is 2. The summed E-state index contributed by atoms with van der Waals surface area (Å²) in [6.07, 6.45) is 0. The Labute approximate surface area is 162 Å². The molecular formula is C23H19NO2S. The van der Waals surface area contributed by atoms with E-state index < -0.39 is 6.04 Å². The fraction of sp³-hybridized carbons (Fsp3) is 0.0870. The average molecular weight is 373 g/mol. The van der Waals surface area contributed by atoms with Gasteiger partial charge in [0, 0.05) is 11.1 Å². The van der Waals surface area contributed by atoms with Gasteiger partial charge < -0.3 is 15.5 Å². The Morgan fingerprint density at radius 2 is 1.44 bits per heavy atom. The lowest BCUT2D eigenvalue weighted by atomic mass is 9.91. The molecule has 0 saturated carbocycles. The largest absolute Gasteiger partial charge is 0.508 e. The summed E-state index contributed by atoms with van der Waals surface area (Å²) in [5.41, 5.74) is 1.37. The molecule has 0 aliphatic heterocycles. The van der Waals surface area contributed by atoms with Crippen molar-refractivity contribution in [3.63, 3.8) is 0 Å². The molecule has 4 aromatic rings. The third-order valence-electron chi connectivity index (χ3n) is 4.79. The second-order valence-corrected chi connectivity index (χ2v) is 7.22. The first-order valence-corrected chi connectivity index (χ1v) is 9.15. The molecule has 0 aliphatic carbocycles. The summed E-state index contributed by atoms with van der Waals surface area (Å²) >= 11 is 5.30. The summed E-state index contributed by atoms with van der Waals surface area (Å²) in [6, 6.07) is 22.5. The van der Waals surface area contributed by atoms with Crippen molar-refractivity contribution < 1.29 is 10.2 Å². The quantitative estimate of drug-likeness (QED) is 0.419. The van der Waals surface area contributed by atoms with E-state index in [2.05, 4.69) is 5.32 Å². The lowest BCUT2D eigenvalue weighted by Crippen LogP contribution is -2.26. The van der Waals surface area contributed by atoms with Gasteiger partial charge in [0.15, 0.2) is 0 Å². The molecule has 0 aliphatic rings. The van der Waals surface area contributed by atoms with Gasteiger partial charge in [0.1, 0.15) is 11.5 Å². The number of phenolic OH excluding ortho intramolecular Hbond substituents is 2. The van der Waals surface area contributed by atoms with Gasteiger partial charge in [-0.25, -0.2) is 0 Å². The van der Waals surface area contributed by atoms with Crippen molar-refractivity contribution in [1.82, 2.24) is 5.32 Å². The van der Waals surface area contributed by atoms with Crippen LogP contribution in [0.25, 0.3) is 21.5 Å². The van der Waals surface area contributed by atoms with Crippen LogP contribution in [-0.2, 0) is 0 Å². The number of phenols is 2. The zero-order valence-electron chi connectivity index (χ0n) is 14.8. The second-order valence-electron chi connectivity index (χ2n) is 6.61. The molecule has 134 valence electrons. The van der Waals surface area contributed by atoms with Crippen LogP contribution < -0.4 is 5.32 Å². The van der Waals surface area contributed by atoms with Gasteiger partial charge in [0.2, 0.25) is 0 Å². The molecule has 27 heavy (non-hydrogen) atoms. The maximum absolute atomic E-state index is 10.8. The van der Waals surface area contributed by atoms with Crippen LogP contribution in [0.1, 0.15) is 24.1 Å². The van der Waals surface area contributed by atoms with E-state index in [4.69, 9.17) is 12.2 Å². The maximum atomic E-state index is 10.8. The van der Waals surface area contributed by atoms with E-state index >= 15 is 0 Å². The SMILES string of the molecule is CC(=S)NC(c1cc2ccccc2cc1O)c1c(O)ccc2ccccc12. The van der Waals surface area contributed by atoms with Gasteiger partial charge in [-0.05, 0) is 46.7 Å². The summed E-state index contributed by atoms with van der Waals surface area (Å²) < 4.78 is 0. The number of nitrogens with one attached hydrogen (secondary N) is 1. The number of hydrogen-bond acceptors (Lipinski definition) is 3. The smallest absolute Gasteiger partial charge is 0.121 e. The van der Waals surface area contributed by atoms with E-state index in [9.17, 15) is 10.2 Å². The highest BCUT2D eigenvalue weighted by Gasteiger charge is 2.23. The van der Waals surface area contributed by atoms with Crippen molar-refractivity contribution in [2.45, 2.75) is 13.0 Å². The normalized spacial score (nSPS) is 12.2. The average Bonchev–Trinajstić information content (AvgIpc) is 2.66. The molecule has 1 atom stereocenters. The van der Waals surface area contributed by atoms with Gasteiger partial charge in [0.05, 0.1) is 11.0 Å². The highest BCUT2D eigenvalue weighted by atomic mass is 32.1.